The Balaban J connectivity index is 1.49. The second-order valence-corrected chi connectivity index (χ2v) is 7.04. The van der Waals surface area contributed by atoms with Crippen molar-refractivity contribution in [1.29, 1.82) is 0 Å². The normalized spacial score (nSPS) is 14.1. The van der Waals surface area contributed by atoms with E-state index in [-0.39, 0.29) is 11.9 Å². The van der Waals surface area contributed by atoms with Crippen molar-refractivity contribution in [3.05, 3.63) is 70.8 Å². The Morgan fingerprint density at radius 2 is 1.79 bits per heavy atom. The van der Waals surface area contributed by atoms with E-state index in [2.05, 4.69) is 23.4 Å². The van der Waals surface area contributed by atoms with Gasteiger partial charge in [0.15, 0.2) is 11.5 Å². The number of rotatable bonds is 5. The van der Waals surface area contributed by atoms with Crippen LogP contribution in [0.5, 0.6) is 11.5 Å². The zero-order valence-electron chi connectivity index (χ0n) is 16.3. The lowest BCUT2D eigenvalue weighted by atomic mass is 10.1. The molecule has 28 heavy (non-hydrogen) atoms. The van der Waals surface area contributed by atoms with Crippen molar-refractivity contribution in [2.24, 2.45) is 0 Å². The van der Waals surface area contributed by atoms with Gasteiger partial charge in [-0.15, -0.1) is 0 Å². The standard InChI is InChI=1S/C22H24FN3O2/c1-14(17-4-9-21-22(12-17)28-11-10-27-21)24-13-20-15(2)25-26(16(20)3)19-7-5-18(23)6-8-19/h4-9,12,14,24H,10-11,13H2,1-3H3/t14-/m0/s1. The fourth-order valence-electron chi connectivity index (χ4n) is 3.47. The largest absolute Gasteiger partial charge is 0.486 e. The van der Waals surface area contributed by atoms with E-state index in [0.29, 0.717) is 19.8 Å². The van der Waals surface area contributed by atoms with E-state index in [0.717, 1.165) is 39.7 Å². The lowest BCUT2D eigenvalue weighted by Gasteiger charge is -2.21. The van der Waals surface area contributed by atoms with Gasteiger partial charge in [-0.1, -0.05) is 6.07 Å². The summed E-state index contributed by atoms with van der Waals surface area (Å²) in [7, 11) is 0. The van der Waals surface area contributed by atoms with Gasteiger partial charge >= 0.3 is 0 Å². The second-order valence-electron chi connectivity index (χ2n) is 7.04. The average Bonchev–Trinajstić information content (AvgIpc) is 3.00. The van der Waals surface area contributed by atoms with Crippen molar-refractivity contribution in [3.8, 4) is 17.2 Å². The molecular formula is C22H24FN3O2. The number of hydrogen-bond donors (Lipinski definition) is 1. The lowest BCUT2D eigenvalue weighted by molar-refractivity contribution is 0.171. The van der Waals surface area contributed by atoms with Crippen LogP contribution >= 0.6 is 0 Å². The van der Waals surface area contributed by atoms with Crippen LogP contribution in [0.2, 0.25) is 0 Å². The van der Waals surface area contributed by atoms with Crippen LogP contribution in [0.1, 0.15) is 35.5 Å². The van der Waals surface area contributed by atoms with E-state index in [9.17, 15) is 4.39 Å². The van der Waals surface area contributed by atoms with Crippen molar-refractivity contribution in [2.45, 2.75) is 33.4 Å². The van der Waals surface area contributed by atoms with Crippen LogP contribution in [0.15, 0.2) is 42.5 Å². The Bertz CT molecular complexity index is 982. The van der Waals surface area contributed by atoms with E-state index in [1.165, 1.54) is 12.1 Å². The van der Waals surface area contributed by atoms with Crippen molar-refractivity contribution >= 4 is 0 Å². The highest BCUT2D eigenvalue weighted by Gasteiger charge is 2.17. The van der Waals surface area contributed by atoms with E-state index < -0.39 is 0 Å². The molecule has 0 aliphatic carbocycles. The van der Waals surface area contributed by atoms with Gasteiger partial charge in [-0.25, -0.2) is 9.07 Å². The summed E-state index contributed by atoms with van der Waals surface area (Å²) in [6, 6.07) is 12.6. The van der Waals surface area contributed by atoms with Crippen LogP contribution < -0.4 is 14.8 Å². The molecule has 0 saturated heterocycles. The Morgan fingerprint density at radius 1 is 1.07 bits per heavy atom. The highest BCUT2D eigenvalue weighted by molar-refractivity contribution is 5.44. The SMILES string of the molecule is Cc1nn(-c2ccc(F)cc2)c(C)c1CN[C@@H](C)c1ccc2c(c1)OCCO2. The Kier molecular flexibility index (Phi) is 5.05. The zero-order valence-corrected chi connectivity index (χ0v) is 16.3. The smallest absolute Gasteiger partial charge is 0.161 e. The molecule has 146 valence electrons. The Labute approximate surface area is 164 Å². The van der Waals surface area contributed by atoms with Gasteiger partial charge in [-0.05, 0) is 62.7 Å². The highest BCUT2D eigenvalue weighted by atomic mass is 19.1. The Hall–Kier alpha value is -2.86. The molecule has 1 aromatic heterocycles. The lowest BCUT2D eigenvalue weighted by Crippen LogP contribution is -2.20. The monoisotopic (exact) mass is 381 g/mol. The molecular weight excluding hydrogens is 357 g/mol. The molecule has 2 heterocycles. The third kappa shape index (κ3) is 3.60. The topological polar surface area (TPSA) is 48.3 Å². The van der Waals surface area contributed by atoms with Crippen LogP contribution in [0.4, 0.5) is 4.39 Å². The Morgan fingerprint density at radius 3 is 2.54 bits per heavy atom. The van der Waals surface area contributed by atoms with Gasteiger partial charge in [0.2, 0.25) is 0 Å². The summed E-state index contributed by atoms with van der Waals surface area (Å²) >= 11 is 0. The number of benzene rings is 2. The molecule has 0 spiro atoms. The number of aromatic nitrogens is 2. The fraction of sp³-hybridized carbons (Fsp3) is 0.318. The quantitative estimate of drug-likeness (QED) is 0.718. The van der Waals surface area contributed by atoms with Crippen LogP contribution in [0.25, 0.3) is 5.69 Å². The van der Waals surface area contributed by atoms with Crippen molar-refractivity contribution in [2.75, 3.05) is 13.2 Å². The summed E-state index contributed by atoms with van der Waals surface area (Å²) in [5.41, 5.74) is 5.15. The minimum absolute atomic E-state index is 0.142. The second kappa shape index (κ2) is 7.64. The molecule has 1 aliphatic rings. The maximum absolute atomic E-state index is 13.2. The first kappa shape index (κ1) is 18.5. The maximum Gasteiger partial charge on any atom is 0.161 e. The molecule has 0 bridgehead atoms. The molecule has 5 nitrogen and oxygen atoms in total. The van der Waals surface area contributed by atoms with E-state index >= 15 is 0 Å². The third-order valence-corrected chi connectivity index (χ3v) is 5.16. The minimum atomic E-state index is -0.250. The molecule has 3 aromatic rings. The van der Waals surface area contributed by atoms with Crippen LogP contribution in [0, 0.1) is 19.7 Å². The molecule has 1 aliphatic heterocycles. The highest BCUT2D eigenvalue weighted by Crippen LogP contribution is 2.32. The number of ether oxygens (including phenoxy) is 2. The third-order valence-electron chi connectivity index (χ3n) is 5.16. The van der Waals surface area contributed by atoms with Gasteiger partial charge < -0.3 is 14.8 Å². The number of nitrogens with zero attached hydrogens (tertiary/aromatic N) is 2. The summed E-state index contributed by atoms with van der Waals surface area (Å²) in [4.78, 5) is 0. The molecule has 1 atom stereocenters. The number of aryl methyl sites for hydroxylation is 1. The molecule has 0 amide bonds. The summed E-state index contributed by atoms with van der Waals surface area (Å²) in [6.45, 7) is 8.03. The van der Waals surface area contributed by atoms with Crippen molar-refractivity contribution < 1.29 is 13.9 Å². The molecule has 2 aromatic carbocycles. The van der Waals surface area contributed by atoms with Crippen LogP contribution in [-0.4, -0.2) is 23.0 Å². The molecule has 0 unspecified atom stereocenters. The summed E-state index contributed by atoms with van der Waals surface area (Å²) in [6.07, 6.45) is 0. The molecule has 4 rings (SSSR count). The maximum atomic E-state index is 13.2. The van der Waals surface area contributed by atoms with Gasteiger partial charge in [0, 0.05) is 23.8 Å². The van der Waals surface area contributed by atoms with Gasteiger partial charge in [0.05, 0.1) is 11.4 Å². The summed E-state index contributed by atoms with van der Waals surface area (Å²) in [5.74, 6) is 1.35. The van der Waals surface area contributed by atoms with E-state index in [1.807, 2.05) is 30.7 Å². The van der Waals surface area contributed by atoms with Gasteiger partial charge in [-0.3, -0.25) is 0 Å². The first-order valence-corrected chi connectivity index (χ1v) is 9.47. The number of halogens is 1. The van der Waals surface area contributed by atoms with Gasteiger partial charge in [0.25, 0.3) is 0 Å². The molecule has 0 saturated carbocycles. The summed E-state index contributed by atoms with van der Waals surface area (Å²) in [5, 5.41) is 8.20. The van der Waals surface area contributed by atoms with E-state index in [1.54, 1.807) is 12.1 Å². The van der Waals surface area contributed by atoms with E-state index in [4.69, 9.17) is 9.47 Å². The first-order chi connectivity index (χ1) is 13.5. The van der Waals surface area contributed by atoms with Crippen LogP contribution in [-0.2, 0) is 6.54 Å². The summed E-state index contributed by atoms with van der Waals surface area (Å²) < 4.78 is 26.3. The molecule has 1 N–H and O–H groups in total. The first-order valence-electron chi connectivity index (χ1n) is 9.47. The van der Waals surface area contributed by atoms with Gasteiger partial charge in [0.1, 0.15) is 19.0 Å². The van der Waals surface area contributed by atoms with Crippen LogP contribution in [0.3, 0.4) is 0 Å². The number of fused-ring (bicyclic) bond motifs is 1. The predicted octanol–water partition coefficient (Wildman–Crippen LogP) is 4.25. The predicted molar refractivity (Wildman–Crippen MR) is 106 cm³/mol. The average molecular weight is 381 g/mol. The molecule has 0 radical (unpaired) electrons. The number of hydrogen-bond acceptors (Lipinski definition) is 4. The number of nitrogens with one attached hydrogen (secondary N) is 1. The minimum Gasteiger partial charge on any atom is -0.486 e. The van der Waals surface area contributed by atoms with Gasteiger partial charge in [-0.2, -0.15) is 5.10 Å². The molecule has 0 fully saturated rings. The zero-order chi connectivity index (χ0) is 19.7. The van der Waals surface area contributed by atoms with Crippen molar-refractivity contribution in [1.82, 2.24) is 15.1 Å². The van der Waals surface area contributed by atoms with Crippen molar-refractivity contribution in [3.63, 3.8) is 0 Å². The fourth-order valence-corrected chi connectivity index (χ4v) is 3.47. The molecule has 6 heteroatoms.